The fraction of sp³-hybridized carbons (Fsp3) is 0.818. The predicted octanol–water partition coefficient (Wildman–Crippen LogP) is 0.759. The fourth-order valence-electron chi connectivity index (χ4n) is 1.99. The molecule has 2 atom stereocenters. The van der Waals surface area contributed by atoms with Gasteiger partial charge < -0.3 is 4.90 Å². The molecule has 0 aromatic heterocycles. The minimum Gasteiger partial charge on any atom is -0.349 e. The Morgan fingerprint density at radius 1 is 1.39 bits per heavy atom. The monoisotopic (exact) mass is 290 g/mol. The molecule has 1 amide bonds. The lowest BCUT2D eigenvalue weighted by Crippen LogP contribution is -2.34. The van der Waals surface area contributed by atoms with Gasteiger partial charge in [-0.15, -0.1) is 0 Å². The van der Waals surface area contributed by atoms with Crippen LogP contribution < -0.4 is 0 Å². The maximum Gasteiger partial charge on any atom is 0.253 e. The molecule has 5 nitrogen and oxygen atoms in total. The molecule has 0 aromatic carbocycles. The van der Waals surface area contributed by atoms with E-state index in [0.29, 0.717) is 5.17 Å². The number of carbonyl (C=O) groups excluding carboxylic acids is 1. The van der Waals surface area contributed by atoms with Crippen LogP contribution in [0.4, 0.5) is 0 Å². The summed E-state index contributed by atoms with van der Waals surface area (Å²) in [5.74, 6) is 0.193. The highest BCUT2D eigenvalue weighted by molar-refractivity contribution is 8.15. The Morgan fingerprint density at radius 2 is 2.00 bits per heavy atom. The molecule has 0 radical (unpaired) electrons. The zero-order valence-electron chi connectivity index (χ0n) is 11.0. The maximum absolute atomic E-state index is 11.9. The minimum atomic E-state index is -2.92. The lowest BCUT2D eigenvalue weighted by Gasteiger charge is -2.19. The van der Waals surface area contributed by atoms with Gasteiger partial charge in [0.25, 0.3) is 5.91 Å². The van der Waals surface area contributed by atoms with Crippen molar-refractivity contribution in [3.05, 3.63) is 0 Å². The number of fused-ring (bicyclic) bond motifs is 1. The lowest BCUT2D eigenvalue weighted by atomic mass is 9.96. The Morgan fingerprint density at radius 3 is 2.50 bits per heavy atom. The number of rotatable bonds is 0. The van der Waals surface area contributed by atoms with Crippen molar-refractivity contribution in [2.45, 2.75) is 32.1 Å². The summed E-state index contributed by atoms with van der Waals surface area (Å²) >= 11 is 1.41. The van der Waals surface area contributed by atoms with Gasteiger partial charge in [0.2, 0.25) is 0 Å². The van der Waals surface area contributed by atoms with E-state index in [-0.39, 0.29) is 28.7 Å². The lowest BCUT2D eigenvalue weighted by molar-refractivity contribution is -0.124. The van der Waals surface area contributed by atoms with E-state index in [0.717, 1.165) is 0 Å². The minimum absolute atomic E-state index is 0.0199. The van der Waals surface area contributed by atoms with Crippen LogP contribution in [0.2, 0.25) is 0 Å². The van der Waals surface area contributed by atoms with Crippen molar-refractivity contribution in [3.63, 3.8) is 0 Å². The number of sulfone groups is 1. The third kappa shape index (κ3) is 2.56. The highest BCUT2D eigenvalue weighted by Gasteiger charge is 2.47. The Balaban J connectivity index is 2.18. The topological polar surface area (TPSA) is 66.8 Å². The molecule has 18 heavy (non-hydrogen) atoms. The van der Waals surface area contributed by atoms with Crippen molar-refractivity contribution in [2.24, 2.45) is 10.4 Å². The summed E-state index contributed by atoms with van der Waals surface area (Å²) in [6.07, 6.45) is 0. The zero-order valence-corrected chi connectivity index (χ0v) is 12.6. The Hall–Kier alpha value is -0.560. The van der Waals surface area contributed by atoms with Gasteiger partial charge in [-0.3, -0.25) is 4.79 Å². The molecule has 102 valence electrons. The van der Waals surface area contributed by atoms with Gasteiger partial charge in [0.15, 0.2) is 15.0 Å². The van der Waals surface area contributed by atoms with Crippen molar-refractivity contribution in [2.75, 3.05) is 18.6 Å². The molecule has 0 aliphatic carbocycles. The van der Waals surface area contributed by atoms with Gasteiger partial charge in [-0.1, -0.05) is 32.5 Å². The van der Waals surface area contributed by atoms with Crippen molar-refractivity contribution >= 4 is 32.7 Å². The van der Waals surface area contributed by atoms with E-state index in [1.54, 1.807) is 0 Å². The van der Waals surface area contributed by atoms with E-state index < -0.39 is 15.3 Å². The average Bonchev–Trinajstić information content (AvgIpc) is 2.61. The summed E-state index contributed by atoms with van der Waals surface area (Å²) in [4.78, 5) is 17.8. The van der Waals surface area contributed by atoms with E-state index in [1.165, 1.54) is 11.8 Å². The number of hydrogen-bond donors (Lipinski definition) is 0. The van der Waals surface area contributed by atoms with Gasteiger partial charge in [-0.2, -0.15) is 4.99 Å². The normalized spacial score (nSPS) is 32.9. The van der Waals surface area contributed by atoms with Crippen LogP contribution >= 0.6 is 11.8 Å². The second kappa shape index (κ2) is 4.23. The van der Waals surface area contributed by atoms with Crippen LogP contribution in [0.3, 0.4) is 0 Å². The molecule has 0 bridgehead atoms. The third-order valence-corrected chi connectivity index (χ3v) is 6.47. The summed E-state index contributed by atoms with van der Waals surface area (Å²) in [6.45, 7) is 5.47. The van der Waals surface area contributed by atoms with Gasteiger partial charge in [0.1, 0.15) is 0 Å². The molecule has 0 unspecified atom stereocenters. The smallest absolute Gasteiger partial charge is 0.253 e. The number of nitrogens with zero attached hydrogens (tertiary/aromatic N) is 2. The van der Waals surface area contributed by atoms with Crippen LogP contribution in [-0.4, -0.2) is 54.2 Å². The number of amidine groups is 1. The first-order valence-corrected chi connectivity index (χ1v) is 8.53. The molecule has 2 saturated heterocycles. The van der Waals surface area contributed by atoms with Crippen molar-refractivity contribution in [1.29, 1.82) is 0 Å². The van der Waals surface area contributed by atoms with Gasteiger partial charge >= 0.3 is 0 Å². The Labute approximate surface area is 112 Å². The summed E-state index contributed by atoms with van der Waals surface area (Å²) in [5.41, 5.74) is -0.502. The highest BCUT2D eigenvalue weighted by Crippen LogP contribution is 2.37. The van der Waals surface area contributed by atoms with Gasteiger partial charge in [0, 0.05) is 17.7 Å². The van der Waals surface area contributed by atoms with Crippen LogP contribution in [0.15, 0.2) is 4.99 Å². The first-order valence-electron chi connectivity index (χ1n) is 5.83. The second-order valence-corrected chi connectivity index (χ2v) is 9.22. The first-order chi connectivity index (χ1) is 8.10. The number of aliphatic imine (C=N–C) groups is 1. The summed E-state index contributed by atoms with van der Waals surface area (Å²) in [5, 5.41) is 0.673. The molecule has 0 N–H and O–H groups in total. The van der Waals surface area contributed by atoms with E-state index in [1.807, 2.05) is 32.7 Å². The SMILES string of the molecule is CN1C(=NC(=O)C(C)(C)C)S[C@H]2CS(=O)(=O)C[C@@H]21. The van der Waals surface area contributed by atoms with Crippen LogP contribution in [0.1, 0.15) is 20.8 Å². The molecular formula is C11H18N2O3S2. The standard InChI is InChI=1S/C11H18N2O3S2/c1-11(2,3)9(14)12-10-13(4)7-5-18(15,16)6-8(7)17-10/h7-8H,5-6H2,1-4H3/t7-,8-/m0/s1. The molecule has 7 heteroatoms. The molecular weight excluding hydrogens is 272 g/mol. The average molecular weight is 290 g/mol. The van der Waals surface area contributed by atoms with Crippen LogP contribution in [0, 0.1) is 5.41 Å². The van der Waals surface area contributed by atoms with E-state index >= 15 is 0 Å². The van der Waals surface area contributed by atoms with Gasteiger partial charge in [-0.25, -0.2) is 8.42 Å². The van der Waals surface area contributed by atoms with Crippen LogP contribution in [0.25, 0.3) is 0 Å². The molecule has 0 aromatic rings. The van der Waals surface area contributed by atoms with Crippen LogP contribution in [-0.2, 0) is 14.6 Å². The summed E-state index contributed by atoms with van der Waals surface area (Å²) < 4.78 is 23.1. The molecule has 0 spiro atoms. The predicted molar refractivity (Wildman–Crippen MR) is 73.5 cm³/mol. The van der Waals surface area contributed by atoms with Crippen molar-refractivity contribution in [1.82, 2.24) is 4.90 Å². The fourth-order valence-corrected chi connectivity index (χ4v) is 5.99. The van der Waals surface area contributed by atoms with E-state index in [9.17, 15) is 13.2 Å². The quantitative estimate of drug-likeness (QED) is 0.659. The van der Waals surface area contributed by atoms with Gasteiger partial charge in [0.05, 0.1) is 17.5 Å². The molecule has 0 saturated carbocycles. The molecule has 2 aliphatic rings. The van der Waals surface area contributed by atoms with Crippen LogP contribution in [0.5, 0.6) is 0 Å². The zero-order chi connectivity index (χ0) is 13.7. The third-order valence-electron chi connectivity index (χ3n) is 3.17. The number of hydrogen-bond acceptors (Lipinski definition) is 4. The summed E-state index contributed by atoms with van der Waals surface area (Å²) in [6, 6.07) is -0.0356. The molecule has 2 aliphatic heterocycles. The molecule has 2 fully saturated rings. The largest absolute Gasteiger partial charge is 0.349 e. The number of carbonyl (C=O) groups is 1. The van der Waals surface area contributed by atoms with Gasteiger partial charge in [-0.05, 0) is 0 Å². The highest BCUT2D eigenvalue weighted by atomic mass is 32.2. The molecule has 2 rings (SSSR count). The molecule has 2 heterocycles. The van der Waals surface area contributed by atoms with Crippen molar-refractivity contribution < 1.29 is 13.2 Å². The Bertz CT molecular complexity index is 505. The van der Waals surface area contributed by atoms with E-state index in [2.05, 4.69) is 4.99 Å². The Kier molecular flexibility index (Phi) is 3.26. The summed E-state index contributed by atoms with van der Waals surface area (Å²) in [7, 11) is -1.11. The van der Waals surface area contributed by atoms with E-state index in [4.69, 9.17) is 0 Å². The van der Waals surface area contributed by atoms with Crippen molar-refractivity contribution in [3.8, 4) is 0 Å². The number of thioether (sulfide) groups is 1. The number of amides is 1. The maximum atomic E-state index is 11.9. The second-order valence-electron chi connectivity index (χ2n) is 5.86. The first kappa shape index (κ1) is 13.9.